The van der Waals surface area contributed by atoms with Gasteiger partial charge in [0.25, 0.3) is 11.8 Å². The van der Waals surface area contributed by atoms with Gasteiger partial charge < -0.3 is 33.7 Å². The van der Waals surface area contributed by atoms with Crippen molar-refractivity contribution in [3.8, 4) is 11.5 Å². The number of quaternary nitrogens is 1. The maximum atomic E-state index is 12.3. The van der Waals surface area contributed by atoms with Crippen molar-refractivity contribution in [2.75, 3.05) is 39.4 Å². The van der Waals surface area contributed by atoms with E-state index >= 15 is 0 Å². The number of carbonyl (C=O) groups excluding carboxylic acids is 2. The van der Waals surface area contributed by atoms with Crippen LogP contribution in [0.2, 0.25) is 0 Å². The number of piperidine rings is 1. The number of aromatic nitrogens is 4. The molecule has 11 heteroatoms. The fraction of sp³-hybridized carbons (Fsp3) is 0.474. The zero-order valence-corrected chi connectivity index (χ0v) is 29.3. The molecule has 1 fully saturated rings. The van der Waals surface area contributed by atoms with Gasteiger partial charge in [0.1, 0.15) is 23.1 Å². The second kappa shape index (κ2) is 17.7. The molecule has 49 heavy (non-hydrogen) atoms. The van der Waals surface area contributed by atoms with E-state index < -0.39 is 0 Å². The number of benzene rings is 2. The third-order valence-electron chi connectivity index (χ3n) is 9.49. The van der Waals surface area contributed by atoms with Crippen molar-refractivity contribution in [3.63, 3.8) is 0 Å². The number of likely N-dealkylation sites (tertiary alicyclic amines) is 1. The van der Waals surface area contributed by atoms with E-state index in [2.05, 4.69) is 51.8 Å². The highest BCUT2D eigenvalue weighted by molar-refractivity contribution is 5.77. The molecule has 0 saturated carbocycles. The zero-order valence-electron chi connectivity index (χ0n) is 29.3. The Kier molecular flexibility index (Phi) is 12.9. The summed E-state index contributed by atoms with van der Waals surface area (Å²) in [7, 11) is 3.81. The van der Waals surface area contributed by atoms with Crippen molar-refractivity contribution in [1.82, 2.24) is 29.7 Å². The Bertz CT molecular complexity index is 1540. The molecule has 4 aromatic rings. The van der Waals surface area contributed by atoms with E-state index in [1.807, 2.05) is 59.9 Å². The molecular weight excluding hydrogens is 618 g/mol. The number of hydrogen-bond acceptors (Lipinski definition) is 6. The maximum absolute atomic E-state index is 12.3. The third-order valence-corrected chi connectivity index (χ3v) is 9.49. The maximum Gasteiger partial charge on any atom is 0.258 e. The first kappa shape index (κ1) is 35.7. The number of aryl methyl sites for hydroxylation is 4. The van der Waals surface area contributed by atoms with Crippen molar-refractivity contribution in [2.24, 2.45) is 20.0 Å². The Balaban J connectivity index is 1.05. The number of nitrogens with zero attached hydrogens (tertiary/aromatic N) is 5. The first-order chi connectivity index (χ1) is 23.8. The molecule has 1 aliphatic heterocycles. The number of ether oxygens (including phenoxy) is 2. The molecule has 0 radical (unpaired) electrons. The van der Waals surface area contributed by atoms with E-state index in [1.54, 1.807) is 12.4 Å². The van der Waals surface area contributed by atoms with Gasteiger partial charge in [-0.2, -0.15) is 0 Å². The summed E-state index contributed by atoms with van der Waals surface area (Å²) < 4.78 is 16.6. The van der Waals surface area contributed by atoms with E-state index in [-0.39, 0.29) is 25.0 Å². The van der Waals surface area contributed by atoms with Crippen molar-refractivity contribution >= 4 is 11.8 Å². The van der Waals surface area contributed by atoms with Crippen LogP contribution in [-0.2, 0) is 49.6 Å². The predicted molar refractivity (Wildman–Crippen MR) is 189 cm³/mol. The number of carbonyl (C=O) groups is 2. The number of amides is 2. The van der Waals surface area contributed by atoms with E-state index in [0.29, 0.717) is 13.1 Å². The van der Waals surface area contributed by atoms with Crippen LogP contribution in [0.4, 0.5) is 0 Å². The smallest absolute Gasteiger partial charge is 0.258 e. The van der Waals surface area contributed by atoms with Crippen LogP contribution in [0.1, 0.15) is 55.4 Å². The van der Waals surface area contributed by atoms with Crippen molar-refractivity contribution in [2.45, 2.75) is 58.5 Å². The van der Waals surface area contributed by atoms with Crippen molar-refractivity contribution in [3.05, 3.63) is 96.1 Å². The van der Waals surface area contributed by atoms with Gasteiger partial charge in [-0.15, -0.1) is 0 Å². The molecule has 2 amide bonds. The van der Waals surface area contributed by atoms with E-state index in [9.17, 15) is 9.59 Å². The van der Waals surface area contributed by atoms with Gasteiger partial charge in [-0.05, 0) is 61.1 Å². The Hall–Kier alpha value is -4.64. The Labute approximate surface area is 290 Å². The summed E-state index contributed by atoms with van der Waals surface area (Å²) in [6.07, 6.45) is 13.9. The highest BCUT2D eigenvalue weighted by atomic mass is 16.5. The molecule has 11 nitrogen and oxygen atoms in total. The van der Waals surface area contributed by atoms with Crippen LogP contribution in [0.3, 0.4) is 0 Å². The first-order valence-corrected chi connectivity index (χ1v) is 17.5. The molecule has 3 heterocycles. The van der Waals surface area contributed by atoms with Gasteiger partial charge in [-0.1, -0.05) is 31.2 Å². The molecule has 2 N–H and O–H groups in total. The summed E-state index contributed by atoms with van der Waals surface area (Å²) in [5.41, 5.74) is 2.47. The lowest BCUT2D eigenvalue weighted by Gasteiger charge is -2.44. The fourth-order valence-electron chi connectivity index (χ4n) is 6.84. The van der Waals surface area contributed by atoms with E-state index in [0.717, 1.165) is 67.8 Å². The summed E-state index contributed by atoms with van der Waals surface area (Å²) in [6.45, 7) is 7.87. The predicted octanol–water partition coefficient (Wildman–Crippen LogP) is 4.36. The molecule has 262 valence electrons. The van der Waals surface area contributed by atoms with Gasteiger partial charge in [-0.3, -0.25) is 9.59 Å². The molecule has 0 bridgehead atoms. The van der Waals surface area contributed by atoms with Crippen LogP contribution in [-0.4, -0.2) is 74.8 Å². The monoisotopic (exact) mass is 670 g/mol. The van der Waals surface area contributed by atoms with Gasteiger partial charge >= 0.3 is 0 Å². The molecule has 5 rings (SSSR count). The number of imidazole rings is 2. The standard InChI is InChI=1S/C38H51N7O4/c1-30-9-6-20-45(27-30,21-7-12-31-10-4-14-33(23-31)48-28-37(46)41-25-35-39-16-18-43(35)2)22-8-13-32-11-5-15-34(24-32)49-29-38(47)42-26-36-40-17-19-44(36)3/h4-5,10-11,14-19,23-24,30H,6-9,12-13,20-22,25-29H2,1-3H3,(H-,41,42,46,47)/p+1. The zero-order chi connectivity index (χ0) is 34.5. The topological polar surface area (TPSA) is 112 Å². The van der Waals surface area contributed by atoms with Crippen LogP contribution < -0.4 is 20.1 Å². The molecule has 2 aromatic carbocycles. The molecule has 1 aliphatic rings. The molecular formula is C38H52N7O4+. The van der Waals surface area contributed by atoms with Gasteiger partial charge in [0.05, 0.1) is 39.3 Å². The quantitative estimate of drug-likeness (QED) is 0.152. The van der Waals surface area contributed by atoms with Gasteiger partial charge in [0.2, 0.25) is 0 Å². The largest absolute Gasteiger partial charge is 0.484 e. The van der Waals surface area contributed by atoms with Gasteiger partial charge in [-0.25, -0.2) is 9.97 Å². The lowest BCUT2D eigenvalue weighted by molar-refractivity contribution is -0.936. The minimum atomic E-state index is -0.168. The average Bonchev–Trinajstić information content (AvgIpc) is 3.71. The lowest BCUT2D eigenvalue weighted by atomic mass is 9.95. The summed E-state index contributed by atoms with van der Waals surface area (Å²) in [6, 6.07) is 16.3. The third kappa shape index (κ3) is 11.2. The van der Waals surface area contributed by atoms with Gasteiger partial charge in [0.15, 0.2) is 13.2 Å². The van der Waals surface area contributed by atoms with Crippen molar-refractivity contribution in [1.29, 1.82) is 0 Å². The first-order valence-electron chi connectivity index (χ1n) is 17.5. The molecule has 0 spiro atoms. The number of rotatable bonds is 18. The summed E-state index contributed by atoms with van der Waals surface area (Å²) in [5, 5.41) is 5.73. The van der Waals surface area contributed by atoms with Gasteiger partial charge in [0, 0.05) is 57.6 Å². The minimum absolute atomic E-state index is 0.0251. The Morgan fingerprint density at radius 1 is 0.816 bits per heavy atom. The summed E-state index contributed by atoms with van der Waals surface area (Å²) in [4.78, 5) is 33.1. The molecule has 1 unspecified atom stereocenters. The SMILES string of the molecule is CC1CCC[N+](CCCc2cccc(OCC(=O)NCc3nccn3C)c2)(CCCc2cccc(OCC(=O)NCc3nccn3C)c2)C1. The van der Waals surface area contributed by atoms with Crippen LogP contribution in [0.15, 0.2) is 73.3 Å². The molecule has 0 aliphatic carbocycles. The minimum Gasteiger partial charge on any atom is -0.484 e. The van der Waals surface area contributed by atoms with Crippen LogP contribution in [0, 0.1) is 5.92 Å². The summed E-state index contributed by atoms with van der Waals surface area (Å²) in [5.74, 6) is 3.43. The highest BCUT2D eigenvalue weighted by Gasteiger charge is 2.32. The second-order valence-corrected chi connectivity index (χ2v) is 13.5. The van der Waals surface area contributed by atoms with Crippen LogP contribution in [0.25, 0.3) is 0 Å². The van der Waals surface area contributed by atoms with Crippen LogP contribution in [0.5, 0.6) is 11.5 Å². The summed E-state index contributed by atoms with van der Waals surface area (Å²) >= 11 is 0. The lowest BCUT2D eigenvalue weighted by Crippen LogP contribution is -2.55. The Morgan fingerprint density at radius 3 is 1.78 bits per heavy atom. The van der Waals surface area contributed by atoms with Crippen LogP contribution >= 0.6 is 0 Å². The number of nitrogens with one attached hydrogen (secondary N) is 2. The average molecular weight is 671 g/mol. The van der Waals surface area contributed by atoms with E-state index in [4.69, 9.17) is 9.47 Å². The fourth-order valence-corrected chi connectivity index (χ4v) is 6.84. The molecule has 1 atom stereocenters. The highest BCUT2D eigenvalue weighted by Crippen LogP contribution is 2.26. The van der Waals surface area contributed by atoms with E-state index in [1.165, 1.54) is 41.5 Å². The molecule has 1 saturated heterocycles. The number of hydrogen-bond donors (Lipinski definition) is 2. The van der Waals surface area contributed by atoms with Crippen molar-refractivity contribution < 1.29 is 23.5 Å². The molecule has 2 aromatic heterocycles. The second-order valence-electron chi connectivity index (χ2n) is 13.5. The Morgan fingerprint density at radius 2 is 1.33 bits per heavy atom. The normalized spacial score (nSPS) is 15.4.